The Balaban J connectivity index is 1.62. The number of aliphatic hydroxyl groups excluding tert-OH is 1. The van der Waals surface area contributed by atoms with Gasteiger partial charge in [0.25, 0.3) is 0 Å². The van der Waals surface area contributed by atoms with Crippen molar-refractivity contribution in [2.24, 2.45) is 5.73 Å². The first-order valence-corrected chi connectivity index (χ1v) is 6.69. The predicted molar refractivity (Wildman–Crippen MR) is 70.8 cm³/mol. The first-order chi connectivity index (χ1) is 9.66. The van der Waals surface area contributed by atoms with Gasteiger partial charge in [0, 0.05) is 6.54 Å². The monoisotopic (exact) mass is 278 g/mol. The Morgan fingerprint density at radius 1 is 1.45 bits per heavy atom. The van der Waals surface area contributed by atoms with Crippen LogP contribution in [0.5, 0.6) is 0 Å². The number of nitrogens with two attached hydrogens (primary N) is 1. The lowest BCUT2D eigenvalue weighted by molar-refractivity contribution is 0.0593. The number of fused-ring (bicyclic) bond motifs is 1. The summed E-state index contributed by atoms with van der Waals surface area (Å²) < 4.78 is 10.7. The quantitative estimate of drug-likeness (QED) is 0.801. The smallest absolute Gasteiger partial charge is 0.410 e. The molecule has 0 bridgehead atoms. The van der Waals surface area contributed by atoms with Gasteiger partial charge in [-0.2, -0.15) is 0 Å². The lowest BCUT2D eigenvalue weighted by Gasteiger charge is -2.24. The molecule has 2 saturated heterocycles. The molecule has 6 heteroatoms. The van der Waals surface area contributed by atoms with E-state index in [1.165, 1.54) is 4.90 Å². The maximum absolute atomic E-state index is 12.1. The lowest BCUT2D eigenvalue weighted by atomic mass is 10.1. The Labute approximate surface area is 117 Å². The molecule has 1 aromatic rings. The fourth-order valence-corrected chi connectivity index (χ4v) is 2.84. The lowest BCUT2D eigenvalue weighted by Crippen LogP contribution is -2.44. The van der Waals surface area contributed by atoms with Crippen molar-refractivity contribution in [2.45, 2.75) is 30.9 Å². The van der Waals surface area contributed by atoms with Gasteiger partial charge < -0.3 is 20.3 Å². The third kappa shape index (κ3) is 2.37. The van der Waals surface area contributed by atoms with Gasteiger partial charge in [0.2, 0.25) is 0 Å². The van der Waals surface area contributed by atoms with E-state index in [2.05, 4.69) is 0 Å². The van der Waals surface area contributed by atoms with Crippen LogP contribution in [0, 0.1) is 0 Å². The van der Waals surface area contributed by atoms with Crippen LogP contribution in [0.25, 0.3) is 0 Å². The second-order valence-electron chi connectivity index (χ2n) is 5.21. The van der Waals surface area contributed by atoms with Crippen molar-refractivity contribution in [3.05, 3.63) is 35.9 Å². The van der Waals surface area contributed by atoms with Crippen LogP contribution < -0.4 is 5.73 Å². The summed E-state index contributed by atoms with van der Waals surface area (Å²) in [6, 6.07) is 8.79. The fraction of sp³-hybridized carbons (Fsp3) is 0.500. The van der Waals surface area contributed by atoms with Crippen LogP contribution in [-0.4, -0.2) is 53.5 Å². The molecule has 0 unspecified atom stereocenters. The number of amides is 1. The Hall–Kier alpha value is -1.63. The van der Waals surface area contributed by atoms with E-state index >= 15 is 0 Å². The van der Waals surface area contributed by atoms with Crippen molar-refractivity contribution in [3.63, 3.8) is 0 Å². The Morgan fingerprint density at radius 3 is 2.95 bits per heavy atom. The van der Waals surface area contributed by atoms with E-state index in [4.69, 9.17) is 15.2 Å². The minimum atomic E-state index is -0.696. The summed E-state index contributed by atoms with van der Waals surface area (Å²) in [6.45, 7) is 0.769. The van der Waals surface area contributed by atoms with Crippen LogP contribution in [0.3, 0.4) is 0 Å². The molecule has 1 aromatic carbocycles. The van der Waals surface area contributed by atoms with Gasteiger partial charge in [0.1, 0.15) is 12.7 Å². The number of hydrogen-bond acceptors (Lipinski definition) is 5. The zero-order valence-corrected chi connectivity index (χ0v) is 11.0. The van der Waals surface area contributed by atoms with Crippen molar-refractivity contribution in [1.29, 1.82) is 0 Å². The summed E-state index contributed by atoms with van der Waals surface area (Å²) in [6.07, 6.45) is -1.45. The van der Waals surface area contributed by atoms with Gasteiger partial charge >= 0.3 is 6.09 Å². The van der Waals surface area contributed by atoms with E-state index in [0.717, 1.165) is 5.56 Å². The zero-order chi connectivity index (χ0) is 14.1. The number of carbonyl (C=O) groups excluding carboxylic acids is 1. The summed E-state index contributed by atoms with van der Waals surface area (Å²) in [5, 5.41) is 9.89. The number of likely N-dealkylation sites (tertiary alicyclic amines) is 1. The normalized spacial score (nSPS) is 32.2. The Morgan fingerprint density at radius 2 is 2.20 bits per heavy atom. The maximum Gasteiger partial charge on any atom is 0.410 e. The number of hydrogen-bond donors (Lipinski definition) is 2. The molecule has 4 atom stereocenters. The van der Waals surface area contributed by atoms with Crippen molar-refractivity contribution in [3.8, 4) is 0 Å². The van der Waals surface area contributed by atoms with Crippen LogP contribution in [0.1, 0.15) is 5.56 Å². The standard InChI is InChI=1S/C14H18N2O4/c15-10-6-16(12-11(17)8-19-13(10)12)14(18)20-7-9-4-2-1-3-5-9/h1-5,10-13,17H,6-8,15H2/t10-,11-,12+,13+/m0/s1. The fourth-order valence-electron chi connectivity index (χ4n) is 2.84. The third-order valence-electron chi connectivity index (χ3n) is 3.82. The molecule has 2 heterocycles. The highest BCUT2D eigenvalue weighted by Crippen LogP contribution is 2.29. The zero-order valence-electron chi connectivity index (χ0n) is 11.0. The molecule has 0 aliphatic carbocycles. The number of aliphatic hydroxyl groups is 1. The maximum atomic E-state index is 12.1. The molecular weight excluding hydrogens is 260 g/mol. The molecule has 0 saturated carbocycles. The second kappa shape index (κ2) is 5.40. The van der Waals surface area contributed by atoms with E-state index < -0.39 is 18.2 Å². The number of carbonyl (C=O) groups is 1. The number of benzene rings is 1. The van der Waals surface area contributed by atoms with Crippen molar-refractivity contribution in [1.82, 2.24) is 4.90 Å². The second-order valence-corrected chi connectivity index (χ2v) is 5.21. The molecule has 108 valence electrons. The van der Waals surface area contributed by atoms with Crippen molar-refractivity contribution in [2.75, 3.05) is 13.2 Å². The summed E-state index contributed by atoms with van der Waals surface area (Å²) in [5.41, 5.74) is 6.85. The van der Waals surface area contributed by atoms with E-state index in [-0.39, 0.29) is 25.4 Å². The molecule has 0 aromatic heterocycles. The molecule has 1 amide bonds. The van der Waals surface area contributed by atoms with Gasteiger partial charge in [-0.05, 0) is 5.56 Å². The summed E-state index contributed by atoms with van der Waals surface area (Å²) in [4.78, 5) is 13.6. The molecule has 0 radical (unpaired) electrons. The van der Waals surface area contributed by atoms with Gasteiger partial charge in [-0.3, -0.25) is 4.90 Å². The SMILES string of the molecule is N[C@H]1CN(C(=O)OCc2ccccc2)[C@H]2[C@@H]1OC[C@@H]2O. The number of nitrogens with zero attached hydrogens (tertiary/aromatic N) is 1. The van der Waals surface area contributed by atoms with Crippen LogP contribution in [0.15, 0.2) is 30.3 Å². The van der Waals surface area contributed by atoms with Gasteiger partial charge in [0.15, 0.2) is 0 Å². The molecular formula is C14H18N2O4. The van der Waals surface area contributed by atoms with Crippen LogP contribution in [-0.2, 0) is 16.1 Å². The highest BCUT2D eigenvalue weighted by atomic mass is 16.6. The van der Waals surface area contributed by atoms with Crippen molar-refractivity contribution < 1.29 is 19.4 Å². The highest BCUT2D eigenvalue weighted by molar-refractivity contribution is 5.69. The summed E-state index contributed by atoms with van der Waals surface area (Å²) in [5.74, 6) is 0. The van der Waals surface area contributed by atoms with Crippen LogP contribution in [0.4, 0.5) is 4.79 Å². The first-order valence-electron chi connectivity index (χ1n) is 6.69. The van der Waals surface area contributed by atoms with E-state index in [1.807, 2.05) is 30.3 Å². The molecule has 2 aliphatic heterocycles. The molecule has 20 heavy (non-hydrogen) atoms. The highest BCUT2D eigenvalue weighted by Gasteiger charge is 2.51. The molecule has 2 aliphatic rings. The van der Waals surface area contributed by atoms with E-state index in [1.54, 1.807) is 0 Å². The van der Waals surface area contributed by atoms with Crippen molar-refractivity contribution >= 4 is 6.09 Å². The molecule has 3 N–H and O–H groups in total. The molecule has 3 rings (SSSR count). The average Bonchev–Trinajstić information content (AvgIpc) is 3.00. The van der Waals surface area contributed by atoms with Crippen LogP contribution in [0.2, 0.25) is 0 Å². The third-order valence-corrected chi connectivity index (χ3v) is 3.82. The van der Waals surface area contributed by atoms with Crippen LogP contribution >= 0.6 is 0 Å². The largest absolute Gasteiger partial charge is 0.445 e. The first kappa shape index (κ1) is 13.4. The minimum Gasteiger partial charge on any atom is -0.445 e. The molecule has 2 fully saturated rings. The van der Waals surface area contributed by atoms with E-state index in [9.17, 15) is 9.90 Å². The minimum absolute atomic E-state index is 0.208. The Bertz CT molecular complexity index is 481. The molecule has 0 spiro atoms. The average molecular weight is 278 g/mol. The summed E-state index contributed by atoms with van der Waals surface area (Å²) >= 11 is 0. The van der Waals surface area contributed by atoms with Gasteiger partial charge in [0.05, 0.1) is 24.8 Å². The van der Waals surface area contributed by atoms with Gasteiger partial charge in [-0.15, -0.1) is 0 Å². The van der Waals surface area contributed by atoms with E-state index in [0.29, 0.717) is 6.54 Å². The Kier molecular flexibility index (Phi) is 3.60. The van der Waals surface area contributed by atoms with Gasteiger partial charge in [-0.25, -0.2) is 4.79 Å². The topological polar surface area (TPSA) is 85.0 Å². The summed E-state index contributed by atoms with van der Waals surface area (Å²) in [7, 11) is 0. The number of ether oxygens (including phenoxy) is 2. The molecule has 6 nitrogen and oxygen atoms in total. The van der Waals surface area contributed by atoms with Gasteiger partial charge in [-0.1, -0.05) is 30.3 Å². The number of rotatable bonds is 2. The predicted octanol–water partition coefficient (Wildman–Crippen LogP) is 0.0944.